The number of hydrogen-bond donors (Lipinski definition) is 1. The Labute approximate surface area is 150 Å². The lowest BCUT2D eigenvalue weighted by atomic mass is 10.1. The van der Waals surface area contributed by atoms with E-state index in [4.69, 9.17) is 23.2 Å². The summed E-state index contributed by atoms with van der Waals surface area (Å²) in [5.41, 5.74) is 2.86. The summed E-state index contributed by atoms with van der Waals surface area (Å²) in [5.74, 6) is 0.293. The topological polar surface area (TPSA) is 57.6 Å². The molecule has 0 atom stereocenters. The number of aryl methyl sites for hydroxylation is 2. The number of aliphatic imine (C=N–C) groups is 1. The van der Waals surface area contributed by atoms with E-state index in [0.29, 0.717) is 40.3 Å². The first-order chi connectivity index (χ1) is 11.5. The summed E-state index contributed by atoms with van der Waals surface area (Å²) in [4.78, 5) is 23.0. The van der Waals surface area contributed by atoms with Crippen LogP contribution in [-0.2, 0) is 0 Å². The van der Waals surface area contributed by atoms with Crippen molar-refractivity contribution in [2.45, 2.75) is 13.8 Å². The van der Waals surface area contributed by atoms with E-state index in [0.717, 1.165) is 11.3 Å². The Hall–Kier alpha value is -2.11. The molecule has 1 aromatic heterocycles. The van der Waals surface area contributed by atoms with Crippen LogP contribution in [-0.4, -0.2) is 34.8 Å². The fraction of sp³-hybridized carbons (Fsp3) is 0.235. The maximum absolute atomic E-state index is 12.8. The Morgan fingerprint density at radius 3 is 2.62 bits per heavy atom. The second kappa shape index (κ2) is 6.79. The molecule has 0 saturated carbocycles. The summed E-state index contributed by atoms with van der Waals surface area (Å²) in [6, 6.07) is 7.10. The van der Waals surface area contributed by atoms with Gasteiger partial charge in [-0.05, 0) is 37.6 Å². The number of hydrogen-bond acceptors (Lipinski definition) is 4. The van der Waals surface area contributed by atoms with Crippen molar-refractivity contribution in [2.75, 3.05) is 18.4 Å². The van der Waals surface area contributed by atoms with Gasteiger partial charge in [0.25, 0.3) is 5.91 Å². The molecule has 0 radical (unpaired) electrons. The average Bonchev–Trinajstić information content (AvgIpc) is 2.99. The van der Waals surface area contributed by atoms with E-state index >= 15 is 0 Å². The highest BCUT2D eigenvalue weighted by Gasteiger charge is 2.27. The van der Waals surface area contributed by atoms with Gasteiger partial charge in [0.05, 0.1) is 27.8 Å². The first kappa shape index (κ1) is 16.7. The molecular weight excluding hydrogens is 347 g/mol. The summed E-state index contributed by atoms with van der Waals surface area (Å²) in [6.45, 7) is 4.81. The van der Waals surface area contributed by atoms with Gasteiger partial charge in [-0.2, -0.15) is 0 Å². The van der Waals surface area contributed by atoms with Gasteiger partial charge in [0.1, 0.15) is 0 Å². The van der Waals surface area contributed by atoms with Crippen LogP contribution in [0.15, 0.2) is 35.5 Å². The highest BCUT2D eigenvalue weighted by Crippen LogP contribution is 2.30. The molecule has 1 N–H and O–H groups in total. The van der Waals surface area contributed by atoms with Crippen molar-refractivity contribution in [3.63, 3.8) is 0 Å². The van der Waals surface area contributed by atoms with E-state index < -0.39 is 0 Å². The summed E-state index contributed by atoms with van der Waals surface area (Å²) in [6.07, 6.45) is 1.60. The Morgan fingerprint density at radius 1 is 1.25 bits per heavy atom. The lowest BCUT2D eigenvalue weighted by molar-refractivity contribution is 0.0856. The number of guanidine groups is 1. The SMILES string of the molecule is Cc1cc(C)c(C(=O)N2CCN=C2Nc2c(Cl)cccc2Cl)cn1. The van der Waals surface area contributed by atoms with Crippen LogP contribution in [0.4, 0.5) is 5.69 Å². The lowest BCUT2D eigenvalue weighted by Gasteiger charge is -2.21. The minimum absolute atomic E-state index is 0.146. The van der Waals surface area contributed by atoms with E-state index in [1.54, 1.807) is 29.3 Å². The van der Waals surface area contributed by atoms with Crippen molar-refractivity contribution in [1.29, 1.82) is 0 Å². The first-order valence-corrected chi connectivity index (χ1v) is 8.23. The number of pyridine rings is 1. The van der Waals surface area contributed by atoms with Gasteiger partial charge < -0.3 is 5.32 Å². The molecule has 0 aliphatic carbocycles. The number of halogens is 2. The Balaban J connectivity index is 1.87. The highest BCUT2D eigenvalue weighted by atomic mass is 35.5. The molecule has 24 heavy (non-hydrogen) atoms. The van der Waals surface area contributed by atoms with Gasteiger partial charge in [0.15, 0.2) is 0 Å². The van der Waals surface area contributed by atoms with Crippen molar-refractivity contribution < 1.29 is 4.79 Å². The number of nitrogens with one attached hydrogen (secondary N) is 1. The number of benzene rings is 1. The highest BCUT2D eigenvalue weighted by molar-refractivity contribution is 6.40. The van der Waals surface area contributed by atoms with Gasteiger partial charge in [0, 0.05) is 18.4 Å². The third-order valence-electron chi connectivity index (χ3n) is 3.76. The van der Waals surface area contributed by atoms with Crippen LogP contribution in [0, 0.1) is 13.8 Å². The molecule has 1 aliphatic heterocycles. The molecule has 0 unspecified atom stereocenters. The number of para-hydroxylation sites is 1. The van der Waals surface area contributed by atoms with Crippen LogP contribution < -0.4 is 5.32 Å². The standard InChI is InChI=1S/C17H16Cl2N4O/c1-10-8-11(2)21-9-12(10)16(24)23-7-6-20-17(23)22-15-13(18)4-3-5-14(15)19/h3-5,8-9H,6-7H2,1-2H3,(H,20,22). The fourth-order valence-corrected chi connectivity index (χ4v) is 3.04. The predicted octanol–water partition coefficient (Wildman–Crippen LogP) is 3.93. The molecule has 1 amide bonds. The minimum atomic E-state index is -0.146. The molecule has 0 spiro atoms. The lowest BCUT2D eigenvalue weighted by Crippen LogP contribution is -2.38. The van der Waals surface area contributed by atoms with E-state index in [9.17, 15) is 4.79 Å². The smallest absolute Gasteiger partial charge is 0.262 e. The normalized spacial score (nSPS) is 13.8. The van der Waals surface area contributed by atoms with E-state index in [2.05, 4.69) is 15.3 Å². The molecule has 0 fully saturated rings. The number of amides is 1. The van der Waals surface area contributed by atoms with Crippen LogP contribution in [0.2, 0.25) is 10.0 Å². The molecule has 2 aromatic rings. The van der Waals surface area contributed by atoms with Crippen LogP contribution in [0.5, 0.6) is 0 Å². The maximum Gasteiger partial charge on any atom is 0.262 e. The Kier molecular flexibility index (Phi) is 4.73. The molecule has 1 aliphatic rings. The molecule has 2 heterocycles. The molecule has 124 valence electrons. The third kappa shape index (κ3) is 3.23. The average molecular weight is 363 g/mol. The van der Waals surface area contributed by atoms with Gasteiger partial charge >= 0.3 is 0 Å². The number of rotatable bonds is 2. The second-order valence-corrected chi connectivity index (χ2v) is 6.34. The molecule has 7 heteroatoms. The molecule has 0 bridgehead atoms. The molecule has 1 aromatic carbocycles. The van der Waals surface area contributed by atoms with E-state index in [1.165, 1.54) is 0 Å². The molecule has 3 rings (SSSR count). The van der Waals surface area contributed by atoms with Crippen LogP contribution >= 0.6 is 23.2 Å². The number of aromatic nitrogens is 1. The zero-order chi connectivity index (χ0) is 17.3. The largest absolute Gasteiger partial charge is 0.323 e. The summed E-state index contributed by atoms with van der Waals surface area (Å²) in [7, 11) is 0. The quantitative estimate of drug-likeness (QED) is 0.880. The zero-order valence-corrected chi connectivity index (χ0v) is 14.8. The Morgan fingerprint density at radius 2 is 1.96 bits per heavy atom. The Bertz CT molecular complexity index is 815. The monoisotopic (exact) mass is 362 g/mol. The molecule has 5 nitrogen and oxygen atoms in total. The van der Waals surface area contributed by atoms with Crippen molar-refractivity contribution >= 4 is 40.8 Å². The van der Waals surface area contributed by atoms with Gasteiger partial charge in [-0.15, -0.1) is 0 Å². The zero-order valence-electron chi connectivity index (χ0n) is 13.3. The third-order valence-corrected chi connectivity index (χ3v) is 4.39. The van der Waals surface area contributed by atoms with Crippen LogP contribution in [0.3, 0.4) is 0 Å². The van der Waals surface area contributed by atoms with E-state index in [1.807, 2.05) is 19.9 Å². The van der Waals surface area contributed by atoms with Gasteiger partial charge in [-0.3, -0.25) is 19.7 Å². The van der Waals surface area contributed by atoms with Crippen molar-refractivity contribution in [1.82, 2.24) is 9.88 Å². The maximum atomic E-state index is 12.8. The van der Waals surface area contributed by atoms with Crippen molar-refractivity contribution in [3.8, 4) is 0 Å². The molecule has 0 saturated heterocycles. The van der Waals surface area contributed by atoms with Crippen molar-refractivity contribution in [3.05, 3.63) is 57.3 Å². The number of nitrogens with zero attached hydrogens (tertiary/aromatic N) is 3. The number of carbonyl (C=O) groups excluding carboxylic acids is 1. The van der Waals surface area contributed by atoms with E-state index in [-0.39, 0.29) is 5.91 Å². The van der Waals surface area contributed by atoms with Gasteiger partial charge in [0.2, 0.25) is 5.96 Å². The predicted molar refractivity (Wildman–Crippen MR) is 97.1 cm³/mol. The fourth-order valence-electron chi connectivity index (χ4n) is 2.55. The summed E-state index contributed by atoms with van der Waals surface area (Å²) >= 11 is 12.4. The van der Waals surface area contributed by atoms with Crippen LogP contribution in [0.25, 0.3) is 0 Å². The van der Waals surface area contributed by atoms with Gasteiger partial charge in [-0.1, -0.05) is 29.3 Å². The number of carbonyl (C=O) groups is 1. The second-order valence-electron chi connectivity index (χ2n) is 5.52. The summed E-state index contributed by atoms with van der Waals surface area (Å²) in [5, 5.41) is 4.02. The number of anilines is 1. The van der Waals surface area contributed by atoms with Crippen LogP contribution in [0.1, 0.15) is 21.6 Å². The van der Waals surface area contributed by atoms with Gasteiger partial charge in [-0.25, -0.2) is 0 Å². The summed E-state index contributed by atoms with van der Waals surface area (Å²) < 4.78 is 0. The molecular formula is C17H16Cl2N4O. The first-order valence-electron chi connectivity index (χ1n) is 7.48. The minimum Gasteiger partial charge on any atom is -0.323 e. The van der Waals surface area contributed by atoms with Crippen molar-refractivity contribution in [2.24, 2.45) is 4.99 Å².